The molecular formula is C14H24ClN3. The van der Waals surface area contributed by atoms with Gasteiger partial charge in [0.05, 0.1) is 10.7 Å². The molecule has 1 N–H and O–H groups in total. The first-order valence-corrected chi connectivity index (χ1v) is 7.10. The Hall–Kier alpha value is -0.800. The summed E-state index contributed by atoms with van der Waals surface area (Å²) in [6.45, 7) is 11.3. The Labute approximate surface area is 116 Å². The van der Waals surface area contributed by atoms with E-state index in [2.05, 4.69) is 42.9 Å². The van der Waals surface area contributed by atoms with Crippen LogP contribution in [0.4, 0.5) is 5.82 Å². The number of pyridine rings is 1. The maximum Gasteiger partial charge on any atom is 0.129 e. The van der Waals surface area contributed by atoms with E-state index in [1.54, 1.807) is 0 Å². The second-order valence-corrected chi connectivity index (χ2v) is 5.06. The lowest BCUT2D eigenvalue weighted by Gasteiger charge is -2.26. The summed E-state index contributed by atoms with van der Waals surface area (Å²) < 4.78 is 0. The molecule has 0 atom stereocenters. The molecule has 0 bridgehead atoms. The van der Waals surface area contributed by atoms with E-state index in [1.807, 2.05) is 12.1 Å². The zero-order valence-electron chi connectivity index (χ0n) is 11.8. The van der Waals surface area contributed by atoms with Crippen LogP contribution >= 0.6 is 11.6 Å². The summed E-state index contributed by atoms with van der Waals surface area (Å²) in [6.07, 6.45) is 1.12. The standard InChI is InChI=1S/C14H24ClN3/c1-5-9-16-10-13-12(15)7-8-14(17-13)18(6-2)11(3)4/h7-8,11,16H,5-6,9-10H2,1-4H3. The average molecular weight is 270 g/mol. The zero-order chi connectivity index (χ0) is 13.5. The predicted octanol–water partition coefficient (Wildman–Crippen LogP) is 3.47. The van der Waals surface area contributed by atoms with Crippen molar-refractivity contribution in [3.63, 3.8) is 0 Å². The van der Waals surface area contributed by atoms with Crippen LogP contribution in [0.15, 0.2) is 12.1 Å². The molecular weight excluding hydrogens is 246 g/mol. The molecule has 0 radical (unpaired) electrons. The smallest absolute Gasteiger partial charge is 0.129 e. The van der Waals surface area contributed by atoms with Crippen LogP contribution in [0.25, 0.3) is 0 Å². The van der Waals surface area contributed by atoms with E-state index in [4.69, 9.17) is 11.6 Å². The molecule has 1 heterocycles. The molecule has 0 aliphatic heterocycles. The molecule has 0 fully saturated rings. The van der Waals surface area contributed by atoms with Crippen molar-refractivity contribution in [1.82, 2.24) is 10.3 Å². The second kappa shape index (κ2) is 7.59. The van der Waals surface area contributed by atoms with E-state index >= 15 is 0 Å². The third-order valence-corrected chi connectivity index (χ3v) is 3.23. The van der Waals surface area contributed by atoms with Gasteiger partial charge < -0.3 is 10.2 Å². The highest BCUT2D eigenvalue weighted by Gasteiger charge is 2.11. The summed E-state index contributed by atoms with van der Waals surface area (Å²) in [5.41, 5.74) is 0.932. The molecule has 0 aliphatic rings. The maximum absolute atomic E-state index is 6.18. The van der Waals surface area contributed by atoms with Crippen LogP contribution in [0.1, 0.15) is 39.8 Å². The van der Waals surface area contributed by atoms with Crippen LogP contribution in [0.2, 0.25) is 5.02 Å². The van der Waals surface area contributed by atoms with Crippen LogP contribution in [-0.2, 0) is 6.54 Å². The summed E-state index contributed by atoms with van der Waals surface area (Å²) in [5, 5.41) is 4.08. The Morgan fingerprint density at radius 3 is 2.61 bits per heavy atom. The lowest BCUT2D eigenvalue weighted by molar-refractivity contribution is 0.656. The van der Waals surface area contributed by atoms with Gasteiger partial charge in [0.15, 0.2) is 0 Å². The highest BCUT2D eigenvalue weighted by Crippen LogP contribution is 2.20. The van der Waals surface area contributed by atoms with Gasteiger partial charge in [-0.1, -0.05) is 18.5 Å². The largest absolute Gasteiger partial charge is 0.354 e. The molecule has 0 saturated carbocycles. The SMILES string of the molecule is CCCNCc1nc(N(CC)C(C)C)ccc1Cl. The summed E-state index contributed by atoms with van der Waals surface area (Å²) >= 11 is 6.18. The molecule has 102 valence electrons. The fourth-order valence-corrected chi connectivity index (χ4v) is 2.10. The molecule has 0 aromatic carbocycles. The minimum Gasteiger partial charge on any atom is -0.354 e. The van der Waals surface area contributed by atoms with Gasteiger partial charge in [-0.25, -0.2) is 4.98 Å². The first-order chi connectivity index (χ1) is 8.60. The number of anilines is 1. The minimum absolute atomic E-state index is 0.445. The van der Waals surface area contributed by atoms with Gasteiger partial charge >= 0.3 is 0 Å². The first kappa shape index (κ1) is 15.3. The Bertz CT molecular complexity index is 366. The van der Waals surface area contributed by atoms with E-state index in [1.165, 1.54) is 0 Å². The summed E-state index contributed by atoms with van der Waals surface area (Å²) in [6, 6.07) is 4.38. The third-order valence-electron chi connectivity index (χ3n) is 2.88. The van der Waals surface area contributed by atoms with Crippen LogP contribution in [0, 0.1) is 0 Å². The normalized spacial score (nSPS) is 11.0. The number of rotatable bonds is 7. The minimum atomic E-state index is 0.445. The number of hydrogen-bond donors (Lipinski definition) is 1. The van der Waals surface area contributed by atoms with Crippen LogP contribution in [-0.4, -0.2) is 24.1 Å². The highest BCUT2D eigenvalue weighted by molar-refractivity contribution is 6.31. The fraction of sp³-hybridized carbons (Fsp3) is 0.643. The Balaban J connectivity index is 2.85. The van der Waals surface area contributed by atoms with Gasteiger partial charge in [-0.05, 0) is 45.9 Å². The predicted molar refractivity (Wildman–Crippen MR) is 79.4 cm³/mol. The molecule has 0 spiro atoms. The van der Waals surface area contributed by atoms with Crippen molar-refractivity contribution in [3.8, 4) is 0 Å². The average Bonchev–Trinajstić information content (AvgIpc) is 2.33. The highest BCUT2D eigenvalue weighted by atomic mass is 35.5. The quantitative estimate of drug-likeness (QED) is 0.769. The van der Waals surface area contributed by atoms with Gasteiger partial charge in [-0.15, -0.1) is 0 Å². The Kier molecular flexibility index (Phi) is 6.44. The molecule has 3 nitrogen and oxygen atoms in total. The van der Waals surface area contributed by atoms with Gasteiger partial charge in [0.2, 0.25) is 0 Å². The topological polar surface area (TPSA) is 28.2 Å². The van der Waals surface area contributed by atoms with Crippen LogP contribution in [0.3, 0.4) is 0 Å². The van der Waals surface area contributed by atoms with Gasteiger partial charge in [0.25, 0.3) is 0 Å². The number of hydrogen-bond acceptors (Lipinski definition) is 3. The van der Waals surface area contributed by atoms with Crippen molar-refractivity contribution in [2.45, 2.75) is 46.7 Å². The van der Waals surface area contributed by atoms with Crippen LogP contribution in [0.5, 0.6) is 0 Å². The molecule has 1 aromatic rings. The van der Waals surface area contributed by atoms with Gasteiger partial charge in [-0.3, -0.25) is 0 Å². The van der Waals surface area contributed by atoms with Crippen LogP contribution < -0.4 is 10.2 Å². The summed E-state index contributed by atoms with van der Waals surface area (Å²) in [4.78, 5) is 6.93. The molecule has 1 aromatic heterocycles. The maximum atomic E-state index is 6.18. The van der Waals surface area contributed by atoms with E-state index < -0.39 is 0 Å². The van der Waals surface area contributed by atoms with E-state index in [0.29, 0.717) is 6.04 Å². The molecule has 4 heteroatoms. The number of nitrogens with one attached hydrogen (secondary N) is 1. The summed E-state index contributed by atoms with van der Waals surface area (Å²) in [5.74, 6) is 1.00. The summed E-state index contributed by atoms with van der Waals surface area (Å²) in [7, 11) is 0. The molecule has 0 aliphatic carbocycles. The van der Waals surface area contributed by atoms with E-state index in [0.717, 1.165) is 42.6 Å². The molecule has 0 unspecified atom stereocenters. The zero-order valence-corrected chi connectivity index (χ0v) is 12.6. The second-order valence-electron chi connectivity index (χ2n) is 4.65. The fourth-order valence-electron chi connectivity index (χ4n) is 1.93. The Morgan fingerprint density at radius 2 is 2.06 bits per heavy atom. The molecule has 18 heavy (non-hydrogen) atoms. The van der Waals surface area contributed by atoms with Gasteiger partial charge in [0.1, 0.15) is 5.82 Å². The monoisotopic (exact) mass is 269 g/mol. The first-order valence-electron chi connectivity index (χ1n) is 6.72. The number of halogens is 1. The van der Waals surface area contributed by atoms with Gasteiger partial charge in [-0.2, -0.15) is 0 Å². The van der Waals surface area contributed by atoms with E-state index in [9.17, 15) is 0 Å². The third kappa shape index (κ3) is 4.14. The molecule has 0 saturated heterocycles. The number of nitrogens with zero attached hydrogens (tertiary/aromatic N) is 2. The van der Waals surface area contributed by atoms with E-state index in [-0.39, 0.29) is 0 Å². The molecule has 1 rings (SSSR count). The lowest BCUT2D eigenvalue weighted by atomic mass is 10.2. The van der Waals surface area contributed by atoms with Crippen molar-refractivity contribution < 1.29 is 0 Å². The van der Waals surface area contributed by atoms with Crippen molar-refractivity contribution in [1.29, 1.82) is 0 Å². The Morgan fingerprint density at radius 1 is 1.33 bits per heavy atom. The van der Waals surface area contributed by atoms with Crippen molar-refractivity contribution in [2.24, 2.45) is 0 Å². The molecule has 0 amide bonds. The van der Waals surface area contributed by atoms with Crippen molar-refractivity contribution >= 4 is 17.4 Å². The van der Waals surface area contributed by atoms with Gasteiger partial charge in [0, 0.05) is 19.1 Å². The lowest BCUT2D eigenvalue weighted by Crippen LogP contribution is -2.31. The number of aromatic nitrogens is 1. The van der Waals surface area contributed by atoms with Crippen molar-refractivity contribution in [2.75, 3.05) is 18.0 Å². The van der Waals surface area contributed by atoms with Crippen molar-refractivity contribution in [3.05, 3.63) is 22.8 Å².